The number of benzene rings is 3. The number of fused-ring (bicyclic) bond motifs is 1. The Labute approximate surface area is 200 Å². The summed E-state index contributed by atoms with van der Waals surface area (Å²) in [5.74, 6) is 0.553. The molecule has 0 N–H and O–H groups in total. The van der Waals surface area contributed by atoms with Crippen molar-refractivity contribution in [3.05, 3.63) is 106 Å². The second-order valence-corrected chi connectivity index (χ2v) is 8.70. The van der Waals surface area contributed by atoms with Crippen molar-refractivity contribution in [2.75, 3.05) is 6.54 Å². The molecule has 3 aromatic carbocycles. The van der Waals surface area contributed by atoms with E-state index >= 15 is 0 Å². The minimum atomic E-state index is -0.357. The van der Waals surface area contributed by atoms with Crippen molar-refractivity contribution in [2.24, 2.45) is 0 Å². The Morgan fingerprint density at radius 2 is 1.71 bits per heavy atom. The fourth-order valence-electron chi connectivity index (χ4n) is 4.54. The maximum atomic E-state index is 13.8. The molecule has 0 saturated carbocycles. The maximum Gasteiger partial charge on any atom is 0.266 e. The second-order valence-electron chi connectivity index (χ2n) is 8.70. The summed E-state index contributed by atoms with van der Waals surface area (Å²) in [5, 5.41) is 0.565. The Hall–Kier alpha value is -3.73. The van der Waals surface area contributed by atoms with Gasteiger partial charge in [-0.3, -0.25) is 14.2 Å². The Bertz CT molecular complexity index is 1390. The molecule has 0 aliphatic carbocycles. The van der Waals surface area contributed by atoms with E-state index in [1.165, 1.54) is 0 Å². The zero-order valence-electron chi connectivity index (χ0n) is 20.3. The van der Waals surface area contributed by atoms with Crippen molar-refractivity contribution in [3.8, 4) is 5.69 Å². The number of aromatic nitrogens is 2. The first-order valence-corrected chi connectivity index (χ1v) is 11.9. The van der Waals surface area contributed by atoms with Crippen LogP contribution in [-0.4, -0.2) is 26.9 Å². The van der Waals surface area contributed by atoms with Crippen LogP contribution in [-0.2, 0) is 0 Å². The number of rotatable bonds is 7. The molecule has 1 amide bonds. The zero-order chi connectivity index (χ0) is 24.2. The van der Waals surface area contributed by atoms with E-state index in [9.17, 15) is 9.59 Å². The fourth-order valence-corrected chi connectivity index (χ4v) is 4.54. The predicted octanol–water partition coefficient (Wildman–Crippen LogP) is 6.01. The maximum absolute atomic E-state index is 13.8. The van der Waals surface area contributed by atoms with E-state index in [1.807, 2.05) is 98.5 Å². The number of hydrogen-bond acceptors (Lipinski definition) is 3. The first-order valence-electron chi connectivity index (χ1n) is 11.9. The zero-order valence-corrected chi connectivity index (χ0v) is 20.3. The van der Waals surface area contributed by atoms with Gasteiger partial charge in [-0.2, -0.15) is 0 Å². The molecule has 1 atom stereocenters. The molecular formula is C29H31N3O2. The molecule has 1 heterocycles. The Morgan fingerprint density at radius 3 is 2.41 bits per heavy atom. The molecule has 1 unspecified atom stereocenters. The number of aryl methyl sites for hydroxylation is 2. The van der Waals surface area contributed by atoms with Gasteiger partial charge in [-0.15, -0.1) is 0 Å². The highest BCUT2D eigenvalue weighted by atomic mass is 16.2. The molecule has 4 rings (SSSR count). The third kappa shape index (κ3) is 4.38. The van der Waals surface area contributed by atoms with E-state index in [0.29, 0.717) is 35.3 Å². The van der Waals surface area contributed by atoms with Crippen LogP contribution in [0.25, 0.3) is 16.6 Å². The number of nitrogens with zero attached hydrogens (tertiary/aromatic N) is 3. The SMILES string of the molecule is CCCN(C(=O)c1ccccc1C)C(CC)c1nc2ccccc2c(=O)n1-c1cccc(C)c1. The summed E-state index contributed by atoms with van der Waals surface area (Å²) in [6.45, 7) is 8.63. The van der Waals surface area contributed by atoms with Crippen LogP contribution in [0, 0.1) is 13.8 Å². The van der Waals surface area contributed by atoms with E-state index < -0.39 is 0 Å². The smallest absolute Gasteiger partial charge is 0.266 e. The average molecular weight is 454 g/mol. The van der Waals surface area contributed by atoms with Gasteiger partial charge < -0.3 is 4.90 Å². The highest BCUT2D eigenvalue weighted by Gasteiger charge is 2.29. The van der Waals surface area contributed by atoms with Gasteiger partial charge in [0.15, 0.2) is 0 Å². The van der Waals surface area contributed by atoms with Crippen LogP contribution in [0.3, 0.4) is 0 Å². The summed E-state index contributed by atoms with van der Waals surface area (Å²) in [5.41, 5.74) is 3.95. The summed E-state index contributed by atoms with van der Waals surface area (Å²) in [4.78, 5) is 34.4. The molecule has 0 aliphatic heterocycles. The number of carbonyl (C=O) groups excluding carboxylic acids is 1. The van der Waals surface area contributed by atoms with E-state index in [4.69, 9.17) is 4.98 Å². The quantitative estimate of drug-likeness (QED) is 0.344. The van der Waals surface area contributed by atoms with Crippen LogP contribution in [0.5, 0.6) is 0 Å². The van der Waals surface area contributed by atoms with E-state index in [1.54, 1.807) is 4.57 Å². The summed E-state index contributed by atoms with van der Waals surface area (Å²) >= 11 is 0. The normalized spacial score (nSPS) is 12.0. The van der Waals surface area contributed by atoms with Crippen molar-refractivity contribution in [1.82, 2.24) is 14.5 Å². The third-order valence-corrected chi connectivity index (χ3v) is 6.22. The highest BCUT2D eigenvalue weighted by molar-refractivity contribution is 5.96. The molecule has 0 saturated heterocycles. The monoisotopic (exact) mass is 453 g/mol. The van der Waals surface area contributed by atoms with Gasteiger partial charge in [-0.05, 0) is 68.1 Å². The number of carbonyl (C=O) groups is 1. The van der Waals surface area contributed by atoms with Crippen molar-refractivity contribution in [1.29, 1.82) is 0 Å². The summed E-state index contributed by atoms with van der Waals surface area (Å²) in [6, 6.07) is 22.6. The van der Waals surface area contributed by atoms with Gasteiger partial charge in [0.05, 0.1) is 22.6 Å². The molecule has 0 radical (unpaired) electrons. The highest BCUT2D eigenvalue weighted by Crippen LogP contribution is 2.28. The Kier molecular flexibility index (Phi) is 6.92. The van der Waals surface area contributed by atoms with Crippen molar-refractivity contribution in [3.63, 3.8) is 0 Å². The van der Waals surface area contributed by atoms with E-state index in [2.05, 4.69) is 6.92 Å². The predicted molar refractivity (Wildman–Crippen MR) is 138 cm³/mol. The van der Waals surface area contributed by atoms with Gasteiger partial charge in [0.25, 0.3) is 11.5 Å². The molecule has 0 spiro atoms. The van der Waals surface area contributed by atoms with E-state index in [0.717, 1.165) is 23.2 Å². The molecule has 5 heteroatoms. The lowest BCUT2D eigenvalue weighted by molar-refractivity contribution is 0.0658. The summed E-state index contributed by atoms with van der Waals surface area (Å²) in [6.07, 6.45) is 1.44. The topological polar surface area (TPSA) is 55.2 Å². The molecule has 1 aromatic heterocycles. The lowest BCUT2D eigenvalue weighted by Crippen LogP contribution is -2.39. The fraction of sp³-hybridized carbons (Fsp3) is 0.276. The van der Waals surface area contributed by atoms with Gasteiger partial charge >= 0.3 is 0 Å². The molecule has 5 nitrogen and oxygen atoms in total. The van der Waals surface area contributed by atoms with Gasteiger partial charge in [0.1, 0.15) is 5.82 Å². The first-order chi connectivity index (χ1) is 16.5. The molecule has 4 aromatic rings. The van der Waals surface area contributed by atoms with Crippen LogP contribution in [0.4, 0.5) is 0 Å². The van der Waals surface area contributed by atoms with Gasteiger partial charge in [-0.25, -0.2) is 4.98 Å². The van der Waals surface area contributed by atoms with Gasteiger partial charge in [-0.1, -0.05) is 56.3 Å². The van der Waals surface area contributed by atoms with Crippen molar-refractivity contribution >= 4 is 16.8 Å². The lowest BCUT2D eigenvalue weighted by atomic mass is 10.0. The second kappa shape index (κ2) is 10.0. The Balaban J connectivity index is 1.97. The third-order valence-electron chi connectivity index (χ3n) is 6.22. The van der Waals surface area contributed by atoms with Crippen molar-refractivity contribution in [2.45, 2.75) is 46.6 Å². The summed E-state index contributed by atoms with van der Waals surface area (Å²) in [7, 11) is 0. The number of hydrogen-bond donors (Lipinski definition) is 0. The molecular weight excluding hydrogens is 422 g/mol. The molecule has 0 aliphatic rings. The lowest BCUT2D eigenvalue weighted by Gasteiger charge is -2.32. The Morgan fingerprint density at radius 1 is 0.971 bits per heavy atom. The van der Waals surface area contributed by atoms with Gasteiger partial charge in [0.2, 0.25) is 0 Å². The van der Waals surface area contributed by atoms with E-state index in [-0.39, 0.29) is 17.5 Å². The van der Waals surface area contributed by atoms with Crippen LogP contribution in [0.1, 0.15) is 60.0 Å². The standard InChI is InChI=1S/C29H31N3O2/c1-5-18-31(28(33)23-15-8-7-13-21(23)4)26(6-2)27-30-25-17-10-9-16-24(25)29(34)32(27)22-14-11-12-20(3)19-22/h7-17,19,26H,5-6,18H2,1-4H3. The van der Waals surface area contributed by atoms with Gasteiger partial charge in [0, 0.05) is 12.1 Å². The summed E-state index contributed by atoms with van der Waals surface area (Å²) < 4.78 is 1.69. The minimum Gasteiger partial charge on any atom is -0.328 e. The number of para-hydroxylation sites is 1. The molecule has 0 bridgehead atoms. The number of amides is 1. The largest absolute Gasteiger partial charge is 0.328 e. The van der Waals surface area contributed by atoms with Crippen LogP contribution in [0.2, 0.25) is 0 Å². The van der Waals surface area contributed by atoms with Crippen LogP contribution in [0.15, 0.2) is 77.6 Å². The minimum absolute atomic E-state index is 0.0370. The van der Waals surface area contributed by atoms with Crippen LogP contribution >= 0.6 is 0 Å². The molecule has 174 valence electrons. The molecule has 0 fully saturated rings. The van der Waals surface area contributed by atoms with Crippen LogP contribution < -0.4 is 5.56 Å². The van der Waals surface area contributed by atoms with Crippen molar-refractivity contribution < 1.29 is 4.79 Å². The first kappa shape index (κ1) is 23.4. The molecule has 34 heavy (non-hydrogen) atoms. The average Bonchev–Trinajstić information content (AvgIpc) is 2.84.